The molecule has 101 heavy (non-hydrogen) atoms. The number of halogens is 2. The Labute approximate surface area is 677 Å². The molecule has 0 spiro atoms. The summed E-state index contributed by atoms with van der Waals surface area (Å²) in [6, 6.07) is 0. The van der Waals surface area contributed by atoms with Gasteiger partial charge < -0.3 is 81.1 Å². The van der Waals surface area contributed by atoms with Crippen LogP contribution in [0.3, 0.4) is 0 Å². The predicted octanol–water partition coefficient (Wildman–Crippen LogP) is 16.0. The summed E-state index contributed by atoms with van der Waals surface area (Å²) in [5.74, 6) is 0.405. The average molecular weight is 1580 g/mol. The standard InChI is InChI=1S/C18H30O4.C17H26O3.C16H26O.C12H22O2.C6H10O2.2C3H5.5C2H6.2BrH.2Mg/c1-15(13-17(19)21-3)11-9-7-5-6-8-10-12-16(2)14-18(20)22-4;1-13-10-8-6-4-5-7-9-11-14(2)16(15(18)12-13)17(19)20-3;1-13-10-8-6-4-5-7-9-11-14(2)15(3)16(17)12-13;1-3-7-11(13)9-5-6-10-12(14)8-4-2;7-5-3-1-2-4-6-8;2*1-3-2;5*1-2;;;;/h9-12,15-16H,5-8,13-14H2,1-4H3;8-11,13-14,16H,4-7,12H2,1-3H3;8-11,13-15H,4-7,12H2,1-3H3;3-4,7-8,11-14H,5-6,9-10H2,1-2H3;5-6H,1-4H2;2*1,3H,2H3;5*1-2H3;2*1H;;/q;;;;;2*-1;;;;;;;;2*+2/p-2/b11-9+,12-10+;2*10-8+,11-9+;7-3+,8-4+;;;;;;;;;;;;. The number of esters is 3. The Morgan fingerprint density at radius 3 is 1.08 bits per heavy atom. The van der Waals surface area contributed by atoms with Gasteiger partial charge in [-0.3, -0.25) is 36.1 Å². The number of aldehydes is 2. The van der Waals surface area contributed by atoms with E-state index in [0.717, 1.165) is 115 Å². The van der Waals surface area contributed by atoms with E-state index in [2.05, 4.69) is 97.1 Å². The largest absolute Gasteiger partial charge is 2.00 e. The average Bonchev–Trinajstić information content (AvgIpc) is 1.30. The van der Waals surface area contributed by atoms with Gasteiger partial charge in [0.1, 0.15) is 30.1 Å². The van der Waals surface area contributed by atoms with Gasteiger partial charge in [-0.05, 0) is 152 Å². The van der Waals surface area contributed by atoms with E-state index in [1.54, 1.807) is 26.0 Å². The third-order valence-electron chi connectivity index (χ3n) is 13.8. The Bertz CT molecular complexity index is 1930. The number of carbonyl (C=O) groups is 7. The van der Waals surface area contributed by atoms with Crippen molar-refractivity contribution >= 4 is 88.2 Å². The fourth-order valence-electron chi connectivity index (χ4n) is 8.56. The van der Waals surface area contributed by atoms with Crippen LogP contribution in [0, 0.1) is 60.5 Å². The number of hydrogen-bond acceptors (Lipinski definition) is 12. The van der Waals surface area contributed by atoms with Crippen molar-refractivity contribution in [1.29, 1.82) is 0 Å². The molecule has 10 unspecified atom stereocenters. The Morgan fingerprint density at radius 2 is 0.782 bits per heavy atom. The maximum Gasteiger partial charge on any atom is 2.00 e. The van der Waals surface area contributed by atoms with Crippen LogP contribution in [0.25, 0.3) is 0 Å². The summed E-state index contributed by atoms with van der Waals surface area (Å²) in [6.07, 6.45) is 58.9. The van der Waals surface area contributed by atoms with Gasteiger partial charge in [0, 0.05) is 31.6 Å². The summed E-state index contributed by atoms with van der Waals surface area (Å²) in [7, 11) is 4.17. The van der Waals surface area contributed by atoms with Crippen LogP contribution in [0.2, 0.25) is 0 Å². The second kappa shape index (κ2) is 113. The van der Waals surface area contributed by atoms with E-state index in [-0.39, 0.29) is 140 Å². The fraction of sp³-hybridized carbons (Fsp3) is 0.682. The molecule has 0 aromatic carbocycles. The number of rotatable bonds is 24. The van der Waals surface area contributed by atoms with E-state index in [4.69, 9.17) is 17.9 Å². The number of aliphatic hydroxyl groups is 2. The Morgan fingerprint density at radius 1 is 0.485 bits per heavy atom. The number of carbonyl (C=O) groups excluding carboxylic acids is 7. The molecule has 2 rings (SSSR count). The van der Waals surface area contributed by atoms with E-state index in [0.29, 0.717) is 56.1 Å². The van der Waals surface area contributed by atoms with Crippen LogP contribution in [0.5, 0.6) is 0 Å². The van der Waals surface area contributed by atoms with Gasteiger partial charge in [-0.15, -0.1) is 0 Å². The van der Waals surface area contributed by atoms with Gasteiger partial charge in [0.05, 0.1) is 46.4 Å². The SMILES string of the molecule is C/C=C/C(O)CCCCC(O)/C=C/C.CC.CC.CC.CC.CC.CC1/C=C/CCCC/C=C/C(C)C(C)C(=O)C1.COC(=O)C1C(=O)CC(C)/C=C/CCCC/C=C/C1C.COC(=O)CC(C)/C=C/CCCC/C=C/C(C)CC(=O)OC.O=CCCCCC=O.[Br-].[Br-].[CH-]=CC.[CH-]=CC.[Mg+2].[Mg+2]. The van der Waals surface area contributed by atoms with Crippen LogP contribution in [-0.4, -0.2) is 132 Å². The number of aliphatic hydroxyl groups excluding tert-OH is 2. The molecule has 10 atom stereocenters. The number of ketones is 2. The first-order valence-corrected chi connectivity index (χ1v) is 37.4. The van der Waals surface area contributed by atoms with Crippen molar-refractivity contribution in [2.45, 2.75) is 312 Å². The number of Topliss-reactive ketones (excluding diaryl/α,β-unsaturated/α-hetero) is 2. The molecule has 2 aliphatic carbocycles. The summed E-state index contributed by atoms with van der Waals surface area (Å²) < 4.78 is 14.1. The maximum absolute atomic E-state index is 12.4. The first kappa shape index (κ1) is 131. The van der Waals surface area contributed by atoms with Crippen molar-refractivity contribution in [3.8, 4) is 0 Å². The van der Waals surface area contributed by atoms with Crippen molar-refractivity contribution in [1.82, 2.24) is 0 Å². The second-order valence-corrected chi connectivity index (χ2v) is 22.5. The van der Waals surface area contributed by atoms with E-state index < -0.39 is 11.9 Å². The zero-order valence-corrected chi connectivity index (χ0v) is 75.1. The number of methoxy groups -OCH3 is 3. The summed E-state index contributed by atoms with van der Waals surface area (Å²) in [5.41, 5.74) is 0. The molecule has 0 saturated heterocycles. The number of ether oxygens (including phenoxy) is 3. The molecule has 0 radical (unpaired) electrons. The molecule has 0 aromatic heterocycles. The first-order valence-electron chi connectivity index (χ1n) is 37.4. The molecule has 0 saturated carbocycles. The Hall–Kier alpha value is -3.10. The van der Waals surface area contributed by atoms with Gasteiger partial charge in [0.25, 0.3) is 0 Å². The Kier molecular flexibility index (Phi) is 146. The van der Waals surface area contributed by atoms with Crippen molar-refractivity contribution < 1.29 is 91.9 Å². The van der Waals surface area contributed by atoms with E-state index in [1.165, 1.54) is 46.3 Å². The molecule has 0 amide bonds. The van der Waals surface area contributed by atoms with Crippen molar-refractivity contribution in [2.75, 3.05) is 21.3 Å². The second-order valence-electron chi connectivity index (χ2n) is 22.5. The minimum atomic E-state index is -0.673. The molecule has 0 fully saturated rings. The molecule has 12 nitrogen and oxygen atoms in total. The van der Waals surface area contributed by atoms with Gasteiger partial charge >= 0.3 is 64.0 Å². The van der Waals surface area contributed by atoms with E-state index >= 15 is 0 Å². The van der Waals surface area contributed by atoms with Crippen LogP contribution < -0.4 is 34.0 Å². The quantitative estimate of drug-likeness (QED) is 0.0136. The first-order chi connectivity index (χ1) is 46.6. The van der Waals surface area contributed by atoms with E-state index in [1.807, 2.05) is 129 Å². The molecule has 16 heteroatoms. The minimum absolute atomic E-state index is 0. The van der Waals surface area contributed by atoms with Crippen LogP contribution in [-0.2, 0) is 47.8 Å². The normalized spacial score (nSPS) is 19.1. The van der Waals surface area contributed by atoms with Crippen LogP contribution in [0.1, 0.15) is 299 Å². The van der Waals surface area contributed by atoms with Crippen molar-refractivity contribution in [2.24, 2.45) is 47.3 Å². The van der Waals surface area contributed by atoms with Gasteiger partial charge in [0.15, 0.2) is 0 Å². The molecule has 0 aromatic rings. The molecule has 2 N–H and O–H groups in total. The molecule has 0 heterocycles. The van der Waals surface area contributed by atoms with Crippen LogP contribution in [0.4, 0.5) is 0 Å². The smallest absolute Gasteiger partial charge is 1.00 e. The zero-order chi connectivity index (χ0) is 76.9. The van der Waals surface area contributed by atoms with Gasteiger partial charge in [-0.25, -0.2) is 0 Å². The van der Waals surface area contributed by atoms with Gasteiger partial charge in [-0.1, -0.05) is 242 Å². The topological polar surface area (TPSA) is 188 Å². The monoisotopic (exact) mass is 1570 g/mol. The van der Waals surface area contributed by atoms with Crippen LogP contribution in [0.15, 0.2) is 109 Å². The molecule has 2 aliphatic rings. The molecule has 584 valence electrons. The molecular weight excluding hydrogens is 1420 g/mol. The minimum Gasteiger partial charge on any atom is -1.00 e. The summed E-state index contributed by atoms with van der Waals surface area (Å²) in [5, 5.41) is 18.7. The van der Waals surface area contributed by atoms with E-state index in [9.17, 15) is 43.8 Å². The third kappa shape index (κ3) is 108. The van der Waals surface area contributed by atoms with Crippen molar-refractivity contribution in [3.05, 3.63) is 123 Å². The molecular formula is C85H154Br2Mg2O12. The van der Waals surface area contributed by atoms with Gasteiger partial charge in [-0.2, -0.15) is 0 Å². The van der Waals surface area contributed by atoms with Crippen LogP contribution >= 0.6 is 0 Å². The molecule has 0 bridgehead atoms. The number of unbranched alkanes of at least 4 members (excludes halogenated alkanes) is 7. The maximum atomic E-state index is 12.4. The third-order valence-corrected chi connectivity index (χ3v) is 13.8. The fourth-order valence-corrected chi connectivity index (χ4v) is 8.56. The summed E-state index contributed by atoms with van der Waals surface area (Å²) >= 11 is 0. The summed E-state index contributed by atoms with van der Waals surface area (Å²) in [4.78, 5) is 77.8. The zero-order valence-electron chi connectivity index (χ0n) is 69.1. The molecule has 0 aliphatic heterocycles. The predicted molar refractivity (Wildman–Crippen MR) is 430 cm³/mol. The Balaban J connectivity index is -0.0000000748. The number of hydrogen-bond donors (Lipinski definition) is 2. The number of allylic oxidation sites excluding steroid dienone is 16. The van der Waals surface area contributed by atoms with Crippen molar-refractivity contribution in [3.63, 3.8) is 0 Å². The van der Waals surface area contributed by atoms with Gasteiger partial charge in [0.2, 0.25) is 0 Å². The summed E-state index contributed by atoms with van der Waals surface area (Å²) in [6.45, 7) is 51.1.